The van der Waals surface area contributed by atoms with Gasteiger partial charge in [0.2, 0.25) is 0 Å². The molecule has 0 spiro atoms. The number of fused-ring (bicyclic) bond motifs is 9. The Labute approximate surface area is 280 Å². The van der Waals surface area contributed by atoms with Gasteiger partial charge in [0, 0.05) is 69.5 Å². The molecule has 6 heterocycles. The van der Waals surface area contributed by atoms with E-state index in [2.05, 4.69) is 103 Å². The van der Waals surface area contributed by atoms with Crippen LogP contribution in [0.15, 0.2) is 146 Å². The summed E-state index contributed by atoms with van der Waals surface area (Å²) in [5.41, 5.74) is 5.86. The maximum Gasteiger partial charge on any atom is 3.00 e. The van der Waals surface area contributed by atoms with Crippen LogP contribution in [0.1, 0.15) is 0 Å². The van der Waals surface area contributed by atoms with E-state index in [9.17, 15) is 0 Å². The van der Waals surface area contributed by atoms with E-state index < -0.39 is 0 Å². The summed E-state index contributed by atoms with van der Waals surface area (Å²) in [6, 6.07) is 36.4. The van der Waals surface area contributed by atoms with E-state index in [-0.39, 0.29) is 40.8 Å². The summed E-state index contributed by atoms with van der Waals surface area (Å²) in [7, 11) is 0. The molecule has 0 aliphatic heterocycles. The molecule has 199 valence electrons. The van der Waals surface area contributed by atoms with Crippen molar-refractivity contribution >= 4 is 65.4 Å². The van der Waals surface area contributed by atoms with Crippen molar-refractivity contribution in [2.75, 3.05) is 0 Å². The molecule has 3 aromatic carbocycles. The molecule has 0 saturated heterocycles. The van der Waals surface area contributed by atoms with Gasteiger partial charge in [-0.05, 0) is 36.4 Å². The van der Waals surface area contributed by atoms with Gasteiger partial charge < -0.3 is 0 Å². The van der Waals surface area contributed by atoms with Crippen molar-refractivity contribution in [3.8, 4) is 0 Å². The molecular weight excluding hydrogens is 661 g/mol. The zero-order valence-electron chi connectivity index (χ0n) is 23.0. The molecule has 0 fully saturated rings. The summed E-state index contributed by atoms with van der Waals surface area (Å²) < 4.78 is 0. The van der Waals surface area contributed by atoms with Gasteiger partial charge in [-0.2, -0.15) is 0 Å². The molecule has 0 unspecified atom stereocenters. The van der Waals surface area contributed by atoms with Gasteiger partial charge in [0.05, 0.1) is 33.1 Å². The summed E-state index contributed by atoms with van der Waals surface area (Å²) in [5, 5.41) is 6.83. The molecule has 0 atom stereocenters. The van der Waals surface area contributed by atoms with Crippen molar-refractivity contribution in [2.45, 2.75) is 0 Å². The van der Waals surface area contributed by atoms with Gasteiger partial charge >= 0.3 is 40.8 Å². The quantitative estimate of drug-likeness (QED) is 0.150. The molecule has 0 amide bonds. The summed E-state index contributed by atoms with van der Waals surface area (Å²) in [6.45, 7) is 0. The molecule has 6 nitrogen and oxygen atoms in total. The molecule has 6 aromatic heterocycles. The number of hydrogen-bond acceptors (Lipinski definition) is 6. The van der Waals surface area contributed by atoms with Crippen LogP contribution >= 0.6 is 0 Å². The zero-order chi connectivity index (χ0) is 28.1. The van der Waals surface area contributed by atoms with E-state index in [4.69, 9.17) is 0 Å². The van der Waals surface area contributed by atoms with Crippen LogP contribution in [0, 0.1) is 40.8 Å². The molecule has 9 rings (SSSR count). The van der Waals surface area contributed by atoms with Gasteiger partial charge in [0.25, 0.3) is 0 Å². The SMILES string of the molecule is [Nd+3].c1cnc2c(c1)ccc1cccnc12.c1cnc2c(c1)ccc1cccnc12.c1cnc2c(c1)ccc1cccnc12. The summed E-state index contributed by atoms with van der Waals surface area (Å²) in [4.78, 5) is 26.1. The van der Waals surface area contributed by atoms with E-state index >= 15 is 0 Å². The average molecular weight is 685 g/mol. The zero-order valence-corrected chi connectivity index (χ0v) is 26.2. The van der Waals surface area contributed by atoms with E-state index in [1.54, 1.807) is 37.2 Å². The van der Waals surface area contributed by atoms with Crippen molar-refractivity contribution < 1.29 is 40.8 Å². The van der Waals surface area contributed by atoms with Gasteiger partial charge in [0.15, 0.2) is 0 Å². The van der Waals surface area contributed by atoms with Crippen molar-refractivity contribution in [1.29, 1.82) is 0 Å². The van der Waals surface area contributed by atoms with Crippen LogP contribution < -0.4 is 0 Å². The first kappa shape index (κ1) is 28.6. The molecule has 43 heavy (non-hydrogen) atoms. The predicted octanol–water partition coefficient (Wildman–Crippen LogP) is 8.35. The van der Waals surface area contributed by atoms with Crippen LogP contribution in [0.2, 0.25) is 0 Å². The van der Waals surface area contributed by atoms with E-state index in [1.165, 1.54) is 0 Å². The Bertz CT molecular complexity index is 1910. The van der Waals surface area contributed by atoms with Crippen LogP contribution in [-0.2, 0) is 0 Å². The van der Waals surface area contributed by atoms with Gasteiger partial charge in [-0.3, -0.25) is 29.9 Å². The first-order valence-electron chi connectivity index (χ1n) is 13.6. The molecule has 0 aliphatic carbocycles. The topological polar surface area (TPSA) is 77.3 Å². The molecular formula is C36H24N6Nd+3. The Morgan fingerprint density at radius 2 is 0.395 bits per heavy atom. The Morgan fingerprint density at radius 3 is 0.558 bits per heavy atom. The average Bonchev–Trinajstić information content (AvgIpc) is 3.09. The molecule has 0 bridgehead atoms. The Balaban J connectivity index is 0.000000113. The van der Waals surface area contributed by atoms with Gasteiger partial charge in [-0.25, -0.2) is 0 Å². The van der Waals surface area contributed by atoms with Crippen molar-refractivity contribution in [2.24, 2.45) is 0 Å². The van der Waals surface area contributed by atoms with Gasteiger partial charge in [-0.15, -0.1) is 0 Å². The maximum absolute atomic E-state index is 4.35. The fourth-order valence-corrected chi connectivity index (χ4v) is 5.04. The number of hydrogen-bond donors (Lipinski definition) is 0. The van der Waals surface area contributed by atoms with Gasteiger partial charge in [0.1, 0.15) is 0 Å². The smallest absolute Gasteiger partial charge is 0.254 e. The molecule has 0 N–H and O–H groups in total. The second kappa shape index (κ2) is 13.2. The second-order valence-corrected chi connectivity index (χ2v) is 9.65. The number of rotatable bonds is 0. The fraction of sp³-hybridized carbons (Fsp3) is 0. The third-order valence-corrected chi connectivity index (χ3v) is 7.03. The van der Waals surface area contributed by atoms with Gasteiger partial charge in [-0.1, -0.05) is 72.8 Å². The molecule has 9 aromatic rings. The largest absolute Gasteiger partial charge is 3.00 e. The van der Waals surface area contributed by atoms with E-state index in [0.717, 1.165) is 65.4 Å². The van der Waals surface area contributed by atoms with E-state index in [0.29, 0.717) is 0 Å². The van der Waals surface area contributed by atoms with Crippen molar-refractivity contribution in [3.63, 3.8) is 0 Å². The number of benzene rings is 3. The third kappa shape index (κ3) is 6.02. The number of aromatic nitrogens is 6. The fourth-order valence-electron chi connectivity index (χ4n) is 5.04. The molecule has 0 saturated carbocycles. The normalized spacial score (nSPS) is 10.6. The summed E-state index contributed by atoms with van der Waals surface area (Å²) in [5.74, 6) is 0. The molecule has 1 radical (unpaired) electrons. The first-order chi connectivity index (χ1) is 20.8. The second-order valence-electron chi connectivity index (χ2n) is 9.65. The summed E-state index contributed by atoms with van der Waals surface area (Å²) in [6.07, 6.45) is 10.8. The standard InChI is InChI=1S/3C12H8N2.Nd/c3*1-3-9-5-6-10-4-2-8-14-12(10)11(9)13-7-1;/h3*1-8H;/q;;;+3. The Hall–Kier alpha value is -4.53. The predicted molar refractivity (Wildman–Crippen MR) is 171 cm³/mol. The minimum Gasteiger partial charge on any atom is -0.254 e. The van der Waals surface area contributed by atoms with Crippen LogP contribution in [0.25, 0.3) is 65.4 Å². The maximum atomic E-state index is 4.35. The van der Waals surface area contributed by atoms with Crippen LogP contribution in [0.5, 0.6) is 0 Å². The molecule has 7 heteroatoms. The number of nitrogens with zero attached hydrogens (tertiary/aromatic N) is 6. The minimum absolute atomic E-state index is 0. The Kier molecular flexibility index (Phi) is 8.77. The van der Waals surface area contributed by atoms with Crippen LogP contribution in [0.4, 0.5) is 0 Å². The Morgan fingerprint density at radius 1 is 0.233 bits per heavy atom. The minimum atomic E-state index is 0. The number of pyridine rings is 6. The summed E-state index contributed by atoms with van der Waals surface area (Å²) >= 11 is 0. The van der Waals surface area contributed by atoms with Crippen molar-refractivity contribution in [1.82, 2.24) is 29.9 Å². The van der Waals surface area contributed by atoms with Crippen LogP contribution in [0.3, 0.4) is 0 Å². The van der Waals surface area contributed by atoms with Crippen LogP contribution in [-0.4, -0.2) is 29.9 Å². The first-order valence-corrected chi connectivity index (χ1v) is 13.6. The monoisotopic (exact) mass is 682 g/mol. The van der Waals surface area contributed by atoms with E-state index in [1.807, 2.05) is 36.4 Å². The van der Waals surface area contributed by atoms with Crippen molar-refractivity contribution in [3.05, 3.63) is 146 Å². The molecule has 0 aliphatic rings. The third-order valence-electron chi connectivity index (χ3n) is 7.03.